The van der Waals surface area contributed by atoms with Crippen LogP contribution in [-0.4, -0.2) is 22.7 Å². The van der Waals surface area contributed by atoms with E-state index in [1.54, 1.807) is 11.3 Å². The van der Waals surface area contributed by atoms with Crippen molar-refractivity contribution in [3.8, 4) is 0 Å². The second-order valence-electron chi connectivity index (χ2n) is 6.34. The van der Waals surface area contributed by atoms with E-state index in [4.69, 9.17) is 0 Å². The second kappa shape index (κ2) is 6.33. The van der Waals surface area contributed by atoms with Crippen LogP contribution in [0.5, 0.6) is 0 Å². The maximum atomic E-state index is 10.2. The first-order valence-electron chi connectivity index (χ1n) is 7.34. The molecule has 2 N–H and O–H groups in total. The van der Waals surface area contributed by atoms with Crippen LogP contribution in [0, 0.1) is 5.41 Å². The molecule has 1 aromatic rings. The van der Waals surface area contributed by atoms with Crippen LogP contribution in [0.4, 0.5) is 0 Å². The van der Waals surface area contributed by atoms with E-state index in [0.717, 1.165) is 25.9 Å². The fourth-order valence-corrected chi connectivity index (χ4v) is 3.62. The highest BCUT2D eigenvalue weighted by Crippen LogP contribution is 2.35. The van der Waals surface area contributed by atoms with Crippen molar-refractivity contribution in [3.63, 3.8) is 0 Å². The Labute approximate surface area is 120 Å². The Bertz CT molecular complexity index is 405. The van der Waals surface area contributed by atoms with E-state index >= 15 is 0 Å². The van der Waals surface area contributed by atoms with Gasteiger partial charge in [-0.15, -0.1) is 11.3 Å². The van der Waals surface area contributed by atoms with Crippen molar-refractivity contribution in [1.82, 2.24) is 10.3 Å². The summed E-state index contributed by atoms with van der Waals surface area (Å²) in [7, 11) is 0. The van der Waals surface area contributed by atoms with Crippen molar-refractivity contribution < 1.29 is 5.11 Å². The molecule has 2 unspecified atom stereocenters. The highest BCUT2D eigenvalue weighted by atomic mass is 32.1. The fourth-order valence-electron chi connectivity index (χ4n) is 2.73. The van der Waals surface area contributed by atoms with E-state index in [9.17, 15) is 5.11 Å². The predicted octanol–water partition coefficient (Wildman–Crippen LogP) is 3.30. The van der Waals surface area contributed by atoms with Crippen LogP contribution >= 0.6 is 11.3 Å². The number of nitrogens with one attached hydrogen (secondary N) is 1. The van der Waals surface area contributed by atoms with E-state index in [1.165, 1.54) is 22.7 Å². The molecule has 1 fully saturated rings. The highest BCUT2D eigenvalue weighted by molar-refractivity contribution is 7.11. The molecule has 0 spiro atoms. The highest BCUT2D eigenvalue weighted by Gasteiger charge is 2.34. The average molecular weight is 282 g/mol. The Hall–Kier alpha value is -0.450. The zero-order chi connectivity index (χ0) is 13.9. The molecule has 1 heterocycles. The second-order valence-corrected chi connectivity index (χ2v) is 7.49. The van der Waals surface area contributed by atoms with Gasteiger partial charge in [0.2, 0.25) is 0 Å². The summed E-state index contributed by atoms with van der Waals surface area (Å²) < 4.78 is 0. The van der Waals surface area contributed by atoms with E-state index in [1.807, 2.05) is 6.20 Å². The van der Waals surface area contributed by atoms with Crippen molar-refractivity contribution in [2.75, 3.05) is 6.54 Å². The summed E-state index contributed by atoms with van der Waals surface area (Å²) in [5, 5.41) is 14.9. The van der Waals surface area contributed by atoms with Crippen molar-refractivity contribution in [3.05, 3.63) is 16.1 Å². The fraction of sp³-hybridized carbons (Fsp3) is 0.800. The Kier molecular flexibility index (Phi) is 4.98. The first-order valence-corrected chi connectivity index (χ1v) is 8.16. The Morgan fingerprint density at radius 2 is 2.32 bits per heavy atom. The van der Waals surface area contributed by atoms with Gasteiger partial charge in [-0.3, -0.25) is 0 Å². The summed E-state index contributed by atoms with van der Waals surface area (Å²) in [5.74, 6) is 0.511. The molecule has 19 heavy (non-hydrogen) atoms. The largest absolute Gasteiger partial charge is 0.393 e. The monoisotopic (exact) mass is 282 g/mol. The molecule has 1 saturated carbocycles. The van der Waals surface area contributed by atoms with Crippen molar-refractivity contribution in [2.45, 2.75) is 65.0 Å². The predicted molar refractivity (Wildman–Crippen MR) is 80.5 cm³/mol. The van der Waals surface area contributed by atoms with Crippen LogP contribution in [0.1, 0.15) is 62.3 Å². The number of aliphatic hydroxyl groups is 1. The van der Waals surface area contributed by atoms with Gasteiger partial charge in [-0.2, -0.15) is 0 Å². The van der Waals surface area contributed by atoms with Crippen LogP contribution in [0.15, 0.2) is 6.20 Å². The van der Waals surface area contributed by atoms with Gasteiger partial charge >= 0.3 is 0 Å². The first kappa shape index (κ1) is 14.9. The van der Waals surface area contributed by atoms with Gasteiger partial charge < -0.3 is 10.4 Å². The number of hydrogen-bond donors (Lipinski definition) is 2. The summed E-state index contributed by atoms with van der Waals surface area (Å²) in [5.41, 5.74) is 0.0455. The quantitative estimate of drug-likeness (QED) is 0.871. The van der Waals surface area contributed by atoms with Gasteiger partial charge in [-0.25, -0.2) is 4.98 Å². The maximum Gasteiger partial charge on any atom is 0.0953 e. The lowest BCUT2D eigenvalue weighted by molar-refractivity contribution is 0.00119. The molecule has 3 nitrogen and oxygen atoms in total. The van der Waals surface area contributed by atoms with Gasteiger partial charge in [0.1, 0.15) is 0 Å². The normalized spacial score (nSPS) is 27.9. The minimum absolute atomic E-state index is 0.0455. The molecule has 2 atom stereocenters. The van der Waals surface area contributed by atoms with Crippen LogP contribution in [0.2, 0.25) is 0 Å². The standard InChI is InChI=1S/C15H26N2OS/c1-11(2)14-17-9-12(19-14)8-16-10-15(3)7-5-4-6-13(15)18/h9,11,13,16,18H,4-8,10H2,1-3H3. The molecule has 108 valence electrons. The molecule has 0 aliphatic heterocycles. The first-order chi connectivity index (χ1) is 9.01. The molecule has 2 rings (SSSR count). The van der Waals surface area contributed by atoms with Crippen LogP contribution in [-0.2, 0) is 6.54 Å². The summed E-state index contributed by atoms with van der Waals surface area (Å²) in [4.78, 5) is 5.73. The SMILES string of the molecule is CC(C)c1ncc(CNCC2(C)CCCCC2O)s1. The van der Waals surface area contributed by atoms with Gasteiger partial charge in [0.25, 0.3) is 0 Å². The molecule has 1 aliphatic carbocycles. The molecule has 0 radical (unpaired) electrons. The minimum atomic E-state index is -0.151. The number of aliphatic hydroxyl groups excluding tert-OH is 1. The minimum Gasteiger partial charge on any atom is -0.393 e. The summed E-state index contributed by atoms with van der Waals surface area (Å²) in [6.07, 6.45) is 6.32. The zero-order valence-corrected chi connectivity index (χ0v) is 13.1. The van der Waals surface area contributed by atoms with Gasteiger partial charge in [0.15, 0.2) is 0 Å². The van der Waals surface area contributed by atoms with Gasteiger partial charge in [0.05, 0.1) is 11.1 Å². The number of nitrogens with zero attached hydrogens (tertiary/aromatic N) is 1. The van der Waals surface area contributed by atoms with E-state index in [0.29, 0.717) is 5.92 Å². The maximum absolute atomic E-state index is 10.2. The lowest BCUT2D eigenvalue weighted by atomic mass is 9.73. The third kappa shape index (κ3) is 3.77. The van der Waals surface area contributed by atoms with Crippen molar-refractivity contribution in [2.24, 2.45) is 5.41 Å². The molecular weight excluding hydrogens is 256 g/mol. The molecule has 1 aromatic heterocycles. The molecule has 0 amide bonds. The third-order valence-corrected chi connectivity index (χ3v) is 5.47. The van der Waals surface area contributed by atoms with Crippen LogP contribution in [0.25, 0.3) is 0 Å². The van der Waals surface area contributed by atoms with Gasteiger partial charge in [-0.05, 0) is 12.8 Å². The number of rotatable bonds is 5. The smallest absolute Gasteiger partial charge is 0.0953 e. The molecular formula is C15H26N2OS. The van der Waals surface area contributed by atoms with Crippen LogP contribution < -0.4 is 5.32 Å². The topological polar surface area (TPSA) is 45.2 Å². The molecule has 4 heteroatoms. The summed E-state index contributed by atoms with van der Waals surface area (Å²) in [6, 6.07) is 0. The Balaban J connectivity index is 1.82. The zero-order valence-electron chi connectivity index (χ0n) is 12.3. The summed E-state index contributed by atoms with van der Waals surface area (Å²) in [6.45, 7) is 8.32. The van der Waals surface area contributed by atoms with Gasteiger partial charge in [-0.1, -0.05) is 33.6 Å². The van der Waals surface area contributed by atoms with Crippen molar-refractivity contribution >= 4 is 11.3 Å². The third-order valence-electron chi connectivity index (χ3n) is 4.17. The lowest BCUT2D eigenvalue weighted by Gasteiger charge is -2.38. The van der Waals surface area contributed by atoms with E-state index in [-0.39, 0.29) is 11.5 Å². The Morgan fingerprint density at radius 1 is 1.53 bits per heavy atom. The molecule has 0 aromatic carbocycles. The average Bonchev–Trinajstić information content (AvgIpc) is 2.82. The van der Waals surface area contributed by atoms with Crippen molar-refractivity contribution in [1.29, 1.82) is 0 Å². The van der Waals surface area contributed by atoms with Gasteiger partial charge in [0, 0.05) is 35.5 Å². The summed E-state index contributed by atoms with van der Waals surface area (Å²) >= 11 is 1.79. The number of hydrogen-bond acceptors (Lipinski definition) is 4. The van der Waals surface area contributed by atoms with E-state index in [2.05, 4.69) is 31.1 Å². The molecule has 0 saturated heterocycles. The Morgan fingerprint density at radius 3 is 2.95 bits per heavy atom. The lowest BCUT2D eigenvalue weighted by Crippen LogP contribution is -2.43. The molecule has 0 bridgehead atoms. The molecule has 1 aliphatic rings. The van der Waals surface area contributed by atoms with Crippen LogP contribution in [0.3, 0.4) is 0 Å². The van der Waals surface area contributed by atoms with E-state index < -0.39 is 0 Å². The number of aromatic nitrogens is 1. The number of thiazole rings is 1.